The van der Waals surface area contributed by atoms with E-state index in [2.05, 4.69) is 290 Å². The number of para-hydroxylation sites is 1. The van der Waals surface area contributed by atoms with Crippen molar-refractivity contribution in [1.82, 2.24) is 0 Å². The van der Waals surface area contributed by atoms with Crippen molar-refractivity contribution in [2.24, 2.45) is 0 Å². The summed E-state index contributed by atoms with van der Waals surface area (Å²) in [6.07, 6.45) is 0. The molecular weight excluding hydrogens is 843 g/mol. The van der Waals surface area contributed by atoms with Crippen molar-refractivity contribution in [3.8, 4) is 55.6 Å². The van der Waals surface area contributed by atoms with Gasteiger partial charge in [-0.25, -0.2) is 0 Å². The van der Waals surface area contributed by atoms with Crippen LogP contribution in [0.3, 0.4) is 0 Å². The minimum atomic E-state index is -0.540. The number of nitrogens with zero attached hydrogens (tertiary/aromatic N) is 1. The molecule has 1 aliphatic carbocycles. The summed E-state index contributed by atoms with van der Waals surface area (Å²) in [7, 11) is 0. The van der Waals surface area contributed by atoms with E-state index in [0.29, 0.717) is 0 Å². The molecule has 0 aliphatic heterocycles. The Kier molecular flexibility index (Phi) is 10.1. The van der Waals surface area contributed by atoms with Crippen molar-refractivity contribution in [2.45, 2.75) is 5.41 Å². The van der Waals surface area contributed by atoms with Crippen LogP contribution in [0.15, 0.2) is 285 Å². The first kappa shape index (κ1) is 41.2. The van der Waals surface area contributed by atoms with Crippen molar-refractivity contribution in [3.63, 3.8) is 0 Å². The average Bonchev–Trinajstić information content (AvgIpc) is 3.75. The smallest absolute Gasteiger partial charge is 0.0714 e. The van der Waals surface area contributed by atoms with Gasteiger partial charge >= 0.3 is 0 Å². The van der Waals surface area contributed by atoms with Gasteiger partial charge in [0, 0.05) is 16.8 Å². The fraction of sp³-hybridized carbons (Fsp3) is 0.0145. The van der Waals surface area contributed by atoms with Crippen molar-refractivity contribution in [1.29, 1.82) is 0 Å². The van der Waals surface area contributed by atoms with E-state index < -0.39 is 5.41 Å². The molecule has 12 aromatic rings. The molecule has 0 fully saturated rings. The van der Waals surface area contributed by atoms with E-state index in [4.69, 9.17) is 0 Å². The van der Waals surface area contributed by atoms with Gasteiger partial charge in [-0.05, 0) is 119 Å². The fourth-order valence-corrected chi connectivity index (χ4v) is 11.3. The molecule has 1 nitrogen and oxygen atoms in total. The van der Waals surface area contributed by atoms with E-state index in [0.717, 1.165) is 33.8 Å². The van der Waals surface area contributed by atoms with Crippen LogP contribution < -0.4 is 4.90 Å². The first-order valence-electron chi connectivity index (χ1n) is 24.2. The Bertz CT molecular complexity index is 3820. The number of hydrogen-bond acceptors (Lipinski definition) is 1. The van der Waals surface area contributed by atoms with Gasteiger partial charge in [-0.1, -0.05) is 255 Å². The van der Waals surface area contributed by atoms with Gasteiger partial charge in [-0.2, -0.15) is 0 Å². The van der Waals surface area contributed by atoms with Gasteiger partial charge in [0.1, 0.15) is 0 Å². The second kappa shape index (κ2) is 17.2. The third-order valence-electron chi connectivity index (χ3n) is 14.5. The van der Waals surface area contributed by atoms with Crippen molar-refractivity contribution in [2.75, 3.05) is 4.90 Å². The Labute approximate surface area is 409 Å². The lowest BCUT2D eigenvalue weighted by Gasteiger charge is -2.34. The molecule has 0 aromatic heterocycles. The van der Waals surface area contributed by atoms with Gasteiger partial charge in [0.2, 0.25) is 0 Å². The van der Waals surface area contributed by atoms with Gasteiger partial charge in [-0.15, -0.1) is 0 Å². The summed E-state index contributed by atoms with van der Waals surface area (Å²) < 4.78 is 0. The average molecular weight is 890 g/mol. The molecular formula is C69H47N. The highest BCUT2D eigenvalue weighted by molar-refractivity contribution is 6.01. The number of rotatable bonds is 9. The van der Waals surface area contributed by atoms with E-state index in [9.17, 15) is 0 Å². The maximum Gasteiger partial charge on any atom is 0.0714 e. The summed E-state index contributed by atoms with van der Waals surface area (Å²) in [6.45, 7) is 0. The highest BCUT2D eigenvalue weighted by Gasteiger charge is 2.47. The number of anilines is 3. The zero-order valence-electron chi connectivity index (χ0n) is 38.6. The highest BCUT2D eigenvalue weighted by Crippen LogP contribution is 2.60. The van der Waals surface area contributed by atoms with Gasteiger partial charge < -0.3 is 4.90 Å². The van der Waals surface area contributed by atoms with E-state index in [1.807, 2.05) is 0 Å². The molecule has 0 saturated carbocycles. The minimum Gasteiger partial charge on any atom is -0.309 e. The highest BCUT2D eigenvalue weighted by atomic mass is 15.1. The molecule has 1 heteroatoms. The fourth-order valence-electron chi connectivity index (χ4n) is 11.3. The Morgan fingerprint density at radius 3 is 1.49 bits per heavy atom. The third-order valence-corrected chi connectivity index (χ3v) is 14.5. The maximum atomic E-state index is 2.52. The first-order valence-corrected chi connectivity index (χ1v) is 24.2. The molecule has 70 heavy (non-hydrogen) atoms. The summed E-state index contributed by atoms with van der Waals surface area (Å²) in [5, 5.41) is 5.00. The molecule has 0 spiro atoms. The van der Waals surface area contributed by atoms with Crippen LogP contribution in [0, 0.1) is 0 Å². The molecule has 0 unspecified atom stereocenters. The largest absolute Gasteiger partial charge is 0.309 e. The lowest BCUT2D eigenvalue weighted by Crippen LogP contribution is -2.28. The Balaban J connectivity index is 1.00. The molecule has 12 aromatic carbocycles. The Morgan fingerprint density at radius 1 is 0.257 bits per heavy atom. The van der Waals surface area contributed by atoms with Gasteiger partial charge in [0.25, 0.3) is 0 Å². The molecule has 0 amide bonds. The molecule has 0 N–H and O–H groups in total. The molecule has 328 valence electrons. The van der Waals surface area contributed by atoms with Gasteiger partial charge in [-0.3, -0.25) is 0 Å². The molecule has 0 bridgehead atoms. The van der Waals surface area contributed by atoms with Crippen LogP contribution in [0.5, 0.6) is 0 Å². The molecule has 1 aliphatic rings. The summed E-state index contributed by atoms with van der Waals surface area (Å²) in [4.78, 5) is 2.52. The predicted molar refractivity (Wildman–Crippen MR) is 295 cm³/mol. The van der Waals surface area contributed by atoms with Crippen molar-refractivity contribution < 1.29 is 0 Å². The maximum absolute atomic E-state index is 2.52. The summed E-state index contributed by atoms with van der Waals surface area (Å²) in [6, 6.07) is 105. The van der Waals surface area contributed by atoms with E-state index in [1.165, 1.54) is 82.7 Å². The standard InChI is InChI=1S/C69H47N/c1-3-23-57(24-4-1)69(58-25-5-2-6-26-58)64-32-13-11-30-63(64)68-65(69)33-17-35-67(68)70(59-27-15-22-55(47-59)49-36-41-52(42-37-49)61-31-16-21-51-19-9-10-28-60(51)61)66-34-14-12-29-62(66)53-43-38-50(39-44-53)56-45-40-48-18-7-8-20-54(48)46-56/h1-47H. The number of fused-ring (bicyclic) bond motifs is 5. The summed E-state index contributed by atoms with van der Waals surface area (Å²) >= 11 is 0. The predicted octanol–water partition coefficient (Wildman–Crippen LogP) is 18.5. The Hall–Kier alpha value is -9.04. The van der Waals surface area contributed by atoms with Crippen LogP contribution in [0.4, 0.5) is 17.1 Å². The lowest BCUT2D eigenvalue weighted by atomic mass is 9.68. The molecule has 13 rings (SSSR count). The molecule has 0 radical (unpaired) electrons. The first-order chi connectivity index (χ1) is 34.7. The summed E-state index contributed by atoms with van der Waals surface area (Å²) in [5.41, 5.74) is 19.8. The van der Waals surface area contributed by atoms with Gasteiger partial charge in [0.15, 0.2) is 0 Å². The zero-order chi connectivity index (χ0) is 46.4. The molecule has 0 atom stereocenters. The molecule has 0 heterocycles. The van der Waals surface area contributed by atoms with Crippen LogP contribution in [-0.2, 0) is 5.41 Å². The summed E-state index contributed by atoms with van der Waals surface area (Å²) in [5.74, 6) is 0. The second-order valence-electron chi connectivity index (χ2n) is 18.4. The van der Waals surface area contributed by atoms with Crippen molar-refractivity contribution in [3.05, 3.63) is 307 Å². The quantitative estimate of drug-likeness (QED) is 0.140. The van der Waals surface area contributed by atoms with E-state index in [-0.39, 0.29) is 0 Å². The topological polar surface area (TPSA) is 3.24 Å². The normalized spacial score (nSPS) is 12.4. The van der Waals surface area contributed by atoms with Crippen LogP contribution in [0.1, 0.15) is 22.3 Å². The third kappa shape index (κ3) is 6.86. The van der Waals surface area contributed by atoms with Crippen molar-refractivity contribution >= 4 is 38.6 Å². The van der Waals surface area contributed by atoms with E-state index in [1.54, 1.807) is 0 Å². The Morgan fingerprint density at radius 2 is 0.743 bits per heavy atom. The van der Waals surface area contributed by atoms with Crippen LogP contribution in [-0.4, -0.2) is 0 Å². The van der Waals surface area contributed by atoms with Crippen LogP contribution in [0.2, 0.25) is 0 Å². The van der Waals surface area contributed by atoms with Crippen LogP contribution >= 0.6 is 0 Å². The second-order valence-corrected chi connectivity index (χ2v) is 18.4. The van der Waals surface area contributed by atoms with Gasteiger partial charge in [0.05, 0.1) is 16.8 Å². The SMILES string of the molecule is c1ccc(C2(c3ccccc3)c3ccccc3-c3c(N(c4cccc(-c5ccc(-c6cccc7ccccc67)cc5)c4)c4ccccc4-c4ccc(-c5ccc6ccccc6c5)cc4)cccc32)cc1. The minimum absolute atomic E-state index is 0.540. The number of hydrogen-bond donors (Lipinski definition) is 0. The molecule has 0 saturated heterocycles. The van der Waals surface area contributed by atoms with Crippen LogP contribution in [0.25, 0.3) is 77.2 Å². The monoisotopic (exact) mass is 889 g/mol. The lowest BCUT2D eigenvalue weighted by molar-refractivity contribution is 0.768. The number of benzene rings is 12. The van der Waals surface area contributed by atoms with E-state index >= 15 is 0 Å². The zero-order valence-corrected chi connectivity index (χ0v) is 38.6.